The Morgan fingerprint density at radius 1 is 1.10 bits per heavy atom. The van der Waals surface area contributed by atoms with Crippen LogP contribution in [0.5, 0.6) is 0 Å². The van der Waals surface area contributed by atoms with E-state index in [-0.39, 0.29) is 18.9 Å². The van der Waals surface area contributed by atoms with Gasteiger partial charge in [0.1, 0.15) is 6.61 Å². The van der Waals surface area contributed by atoms with Gasteiger partial charge in [-0.1, -0.05) is 48.5 Å². The van der Waals surface area contributed by atoms with E-state index in [9.17, 15) is 18.0 Å². The molecular formula is C22H25NO6S. The lowest BCUT2D eigenvalue weighted by molar-refractivity contribution is -0.137. The van der Waals surface area contributed by atoms with Crippen molar-refractivity contribution >= 4 is 27.0 Å². The van der Waals surface area contributed by atoms with E-state index in [1.54, 1.807) is 43.3 Å². The van der Waals surface area contributed by atoms with E-state index in [1.807, 2.05) is 18.2 Å². The third kappa shape index (κ3) is 4.81. The second-order valence-electron chi connectivity index (χ2n) is 7.44. The molecule has 0 amide bonds. The van der Waals surface area contributed by atoms with Crippen molar-refractivity contribution < 1.29 is 27.9 Å². The van der Waals surface area contributed by atoms with Crippen LogP contribution in [0.25, 0.3) is 0 Å². The van der Waals surface area contributed by atoms with Crippen molar-refractivity contribution in [2.45, 2.75) is 45.3 Å². The first-order valence-electron chi connectivity index (χ1n) is 9.85. The molecular weight excluding hydrogens is 406 g/mol. The van der Waals surface area contributed by atoms with Crippen molar-refractivity contribution in [3.63, 3.8) is 0 Å². The van der Waals surface area contributed by atoms with Gasteiger partial charge in [0.05, 0.1) is 5.69 Å². The average molecular weight is 432 g/mol. The van der Waals surface area contributed by atoms with E-state index in [4.69, 9.17) is 9.84 Å². The molecule has 0 bridgehead atoms. The smallest absolute Gasteiger partial charge is 0.445 e. The van der Waals surface area contributed by atoms with Crippen LogP contribution in [-0.4, -0.2) is 30.8 Å². The van der Waals surface area contributed by atoms with Crippen LogP contribution in [0.1, 0.15) is 37.3 Å². The molecule has 30 heavy (non-hydrogen) atoms. The summed E-state index contributed by atoms with van der Waals surface area (Å²) < 4.78 is 32.6. The topological polar surface area (TPSA) is 101 Å². The minimum Gasteiger partial charge on any atom is -0.481 e. The summed E-state index contributed by atoms with van der Waals surface area (Å²) in [5, 5.41) is 7.61. The highest BCUT2D eigenvalue weighted by atomic mass is 32.2. The highest BCUT2D eigenvalue weighted by molar-refractivity contribution is 8.06. The highest BCUT2D eigenvalue weighted by Gasteiger charge is 2.42. The number of sulfonamides is 1. The molecule has 3 rings (SSSR count). The SMILES string of the molecule is C[C@@H]1[C@H](CCCC(=O)O)Cc2ccccc2N1S(=O)(=O)C(=O)OCc1ccccc1. The number of para-hydroxylation sites is 1. The molecule has 1 aliphatic rings. The molecule has 0 aliphatic carbocycles. The summed E-state index contributed by atoms with van der Waals surface area (Å²) in [6.07, 6.45) is 1.64. The molecule has 0 aromatic heterocycles. The van der Waals surface area contributed by atoms with E-state index < -0.39 is 27.3 Å². The van der Waals surface area contributed by atoms with Gasteiger partial charge in [-0.05, 0) is 49.3 Å². The Morgan fingerprint density at radius 2 is 1.77 bits per heavy atom. The first-order chi connectivity index (χ1) is 14.3. The summed E-state index contributed by atoms with van der Waals surface area (Å²) in [7, 11) is -4.41. The van der Waals surface area contributed by atoms with Gasteiger partial charge in [0.25, 0.3) is 0 Å². The summed E-state index contributed by atoms with van der Waals surface area (Å²) in [4.78, 5) is 23.4. The maximum Gasteiger partial charge on any atom is 0.445 e. The quantitative estimate of drug-likeness (QED) is 0.666. The van der Waals surface area contributed by atoms with Crippen molar-refractivity contribution in [3.05, 3.63) is 65.7 Å². The monoisotopic (exact) mass is 431 g/mol. The largest absolute Gasteiger partial charge is 0.481 e. The molecule has 0 radical (unpaired) electrons. The van der Waals surface area contributed by atoms with E-state index in [0.29, 0.717) is 30.5 Å². The Bertz CT molecular complexity index is 1010. The van der Waals surface area contributed by atoms with E-state index in [0.717, 1.165) is 9.87 Å². The average Bonchev–Trinajstić information content (AvgIpc) is 2.72. The van der Waals surface area contributed by atoms with E-state index in [2.05, 4.69) is 0 Å². The molecule has 160 valence electrons. The van der Waals surface area contributed by atoms with Gasteiger partial charge in [-0.15, -0.1) is 0 Å². The standard InChI is InChI=1S/C22H25NO6S/c1-16-18(11-7-13-21(24)25)14-19-10-5-6-12-20(19)23(16)30(27,28)22(26)29-15-17-8-3-2-4-9-17/h2-6,8-10,12,16,18H,7,11,13-15H2,1H3,(H,24,25)/t16-,18-/m1/s1. The second-order valence-corrected chi connectivity index (χ2v) is 9.12. The zero-order valence-corrected chi connectivity index (χ0v) is 17.5. The van der Waals surface area contributed by atoms with Crippen LogP contribution >= 0.6 is 0 Å². The van der Waals surface area contributed by atoms with Gasteiger partial charge >= 0.3 is 21.3 Å². The molecule has 0 spiro atoms. The fourth-order valence-electron chi connectivity index (χ4n) is 3.84. The zero-order chi connectivity index (χ0) is 21.7. The molecule has 2 atom stereocenters. The molecule has 1 heterocycles. The van der Waals surface area contributed by atoms with Gasteiger partial charge < -0.3 is 9.84 Å². The van der Waals surface area contributed by atoms with Gasteiger partial charge in [-0.3, -0.25) is 9.10 Å². The van der Waals surface area contributed by atoms with Crippen molar-refractivity contribution in [1.82, 2.24) is 0 Å². The van der Waals surface area contributed by atoms with Gasteiger partial charge in [0.2, 0.25) is 0 Å². The molecule has 0 unspecified atom stereocenters. The predicted octanol–water partition coefficient (Wildman–Crippen LogP) is 3.98. The number of carbonyl (C=O) groups is 2. The number of carboxylic acid groups (broad SMARTS) is 1. The van der Waals surface area contributed by atoms with Gasteiger partial charge in [0.15, 0.2) is 0 Å². The summed E-state index contributed by atoms with van der Waals surface area (Å²) in [5.74, 6) is -0.983. The van der Waals surface area contributed by atoms with Crippen molar-refractivity contribution in [2.24, 2.45) is 5.92 Å². The first kappa shape index (κ1) is 21.8. The lowest BCUT2D eigenvalue weighted by Gasteiger charge is -2.40. The van der Waals surface area contributed by atoms with Crippen molar-refractivity contribution in [2.75, 3.05) is 4.31 Å². The van der Waals surface area contributed by atoms with Crippen LogP contribution in [0.2, 0.25) is 0 Å². The first-order valence-corrected chi connectivity index (χ1v) is 11.3. The molecule has 7 nitrogen and oxygen atoms in total. The Morgan fingerprint density at radius 3 is 2.47 bits per heavy atom. The molecule has 2 aromatic rings. The molecule has 8 heteroatoms. The lowest BCUT2D eigenvalue weighted by atomic mass is 9.84. The van der Waals surface area contributed by atoms with Gasteiger partial charge in [-0.25, -0.2) is 4.79 Å². The summed E-state index contributed by atoms with van der Waals surface area (Å²) in [6, 6.07) is 15.4. The van der Waals surface area contributed by atoms with Gasteiger partial charge in [-0.2, -0.15) is 8.42 Å². The van der Waals surface area contributed by atoms with Crippen LogP contribution < -0.4 is 4.31 Å². The molecule has 0 saturated heterocycles. The number of fused-ring (bicyclic) bond motifs is 1. The fourth-order valence-corrected chi connectivity index (χ4v) is 5.26. The van der Waals surface area contributed by atoms with E-state index in [1.165, 1.54) is 0 Å². The molecule has 1 N–H and O–H groups in total. The summed E-state index contributed by atoms with van der Waals surface area (Å²) in [6.45, 7) is 1.62. The van der Waals surface area contributed by atoms with Crippen LogP contribution in [0.4, 0.5) is 10.5 Å². The summed E-state index contributed by atoms with van der Waals surface area (Å²) >= 11 is 0. The number of carbonyl (C=O) groups excluding carboxylic acids is 1. The van der Waals surface area contributed by atoms with Gasteiger partial charge in [0, 0.05) is 12.5 Å². The normalized spacial score (nSPS) is 18.5. The number of hydrogen-bond acceptors (Lipinski definition) is 5. The Labute approximate surface area is 176 Å². The molecule has 2 aromatic carbocycles. The Balaban J connectivity index is 1.83. The molecule has 0 fully saturated rings. The summed E-state index contributed by atoms with van der Waals surface area (Å²) in [5.41, 5.74) is 1.98. The fraction of sp³-hybridized carbons (Fsp3) is 0.364. The molecule has 1 aliphatic heterocycles. The number of anilines is 1. The minimum absolute atomic E-state index is 0.0245. The van der Waals surface area contributed by atoms with Crippen LogP contribution in [0, 0.1) is 5.92 Å². The van der Waals surface area contributed by atoms with Crippen LogP contribution in [0.15, 0.2) is 54.6 Å². The second kappa shape index (κ2) is 9.30. The zero-order valence-electron chi connectivity index (χ0n) is 16.7. The number of carboxylic acids is 1. The third-order valence-corrected chi connectivity index (χ3v) is 6.98. The number of hydrogen-bond donors (Lipinski definition) is 1. The number of nitrogens with zero attached hydrogens (tertiary/aromatic N) is 1. The number of rotatable bonds is 7. The molecule has 0 saturated carbocycles. The maximum absolute atomic E-state index is 13.2. The third-order valence-electron chi connectivity index (χ3n) is 5.40. The van der Waals surface area contributed by atoms with Crippen molar-refractivity contribution in [3.8, 4) is 0 Å². The van der Waals surface area contributed by atoms with E-state index >= 15 is 0 Å². The lowest BCUT2D eigenvalue weighted by Crippen LogP contribution is -2.49. The minimum atomic E-state index is -4.41. The number of aliphatic carboxylic acids is 1. The Hall–Kier alpha value is -2.87. The predicted molar refractivity (Wildman–Crippen MR) is 113 cm³/mol. The van der Waals surface area contributed by atoms with Crippen molar-refractivity contribution in [1.29, 1.82) is 0 Å². The van der Waals surface area contributed by atoms with Crippen LogP contribution in [0.3, 0.4) is 0 Å². The number of ether oxygens (including phenoxy) is 1. The van der Waals surface area contributed by atoms with Crippen LogP contribution in [-0.2, 0) is 32.6 Å². The Kier molecular flexibility index (Phi) is 6.77. The number of benzene rings is 2. The highest BCUT2D eigenvalue weighted by Crippen LogP contribution is 2.38. The maximum atomic E-state index is 13.2.